The van der Waals surface area contributed by atoms with E-state index < -0.39 is 23.3 Å². The first-order valence-corrected chi connectivity index (χ1v) is 25.3. The smallest absolute Gasteiger partial charge is 0.201 e. The van der Waals surface area contributed by atoms with Crippen LogP contribution in [0.1, 0.15) is 164 Å². The fourth-order valence-electron chi connectivity index (χ4n) is 10.9. The summed E-state index contributed by atoms with van der Waals surface area (Å²) in [6.45, 7) is 6.84. The minimum Gasteiger partial charge on any atom is -0.494 e. The predicted molar refractivity (Wildman–Crippen MR) is 268 cm³/mol. The van der Waals surface area contributed by atoms with Crippen LogP contribution in [0.3, 0.4) is 0 Å². The van der Waals surface area contributed by atoms with E-state index in [-0.39, 0.29) is 34.3 Å². The molecule has 0 radical (unpaired) electrons. The summed E-state index contributed by atoms with van der Waals surface area (Å²) in [6, 6.07) is 28.9. The molecular weight excluding hydrogens is 861 g/mol. The first-order chi connectivity index (χ1) is 33.1. The van der Waals surface area contributed by atoms with E-state index in [1.54, 1.807) is 6.07 Å². The Hall–Kier alpha value is -5.37. The molecule has 1 atom stereocenters. The highest BCUT2D eigenvalue weighted by atomic mass is 19.2. The van der Waals surface area contributed by atoms with Gasteiger partial charge in [-0.2, -0.15) is 8.78 Å². The Morgan fingerprint density at radius 2 is 0.971 bits per heavy atom. The van der Waals surface area contributed by atoms with Crippen molar-refractivity contribution in [1.29, 1.82) is 0 Å². The molecule has 4 nitrogen and oxygen atoms in total. The number of allylic oxidation sites excluding steroid dienone is 2. The van der Waals surface area contributed by atoms with E-state index in [0.717, 1.165) is 28.5 Å². The summed E-state index contributed by atoms with van der Waals surface area (Å²) in [7, 11) is 2.62. The van der Waals surface area contributed by atoms with Crippen LogP contribution >= 0.6 is 0 Å². The number of carbonyl (C=O) groups excluding carboxylic acids is 1. The number of unbranched alkanes of at least 4 members (excludes halogenated alkanes) is 2. The van der Waals surface area contributed by atoms with Crippen LogP contribution in [-0.2, 0) is 4.79 Å². The monoisotopic (exact) mass is 931 g/mol. The fourth-order valence-corrected chi connectivity index (χ4v) is 10.9. The first kappa shape index (κ1) is 50.5. The summed E-state index contributed by atoms with van der Waals surface area (Å²) in [6.07, 6.45) is 21.0. The van der Waals surface area contributed by atoms with Crippen LogP contribution in [0.25, 0.3) is 27.8 Å². The van der Waals surface area contributed by atoms with Crippen molar-refractivity contribution in [1.82, 2.24) is 0 Å². The molecule has 3 aliphatic rings. The summed E-state index contributed by atoms with van der Waals surface area (Å²) in [5, 5.41) is 0. The van der Waals surface area contributed by atoms with Gasteiger partial charge >= 0.3 is 0 Å². The molecule has 3 aliphatic carbocycles. The number of methoxy groups -OCH3 is 2. The second-order valence-corrected chi connectivity index (χ2v) is 19.2. The molecule has 0 aliphatic heterocycles. The number of hydrogen-bond donors (Lipinski definition) is 0. The van der Waals surface area contributed by atoms with Crippen LogP contribution in [0.4, 0.5) is 17.6 Å². The average Bonchev–Trinajstić information content (AvgIpc) is 3.37. The van der Waals surface area contributed by atoms with E-state index in [1.165, 1.54) is 146 Å². The molecule has 8 heteroatoms. The van der Waals surface area contributed by atoms with E-state index in [0.29, 0.717) is 48.2 Å². The third-order valence-corrected chi connectivity index (χ3v) is 15.0. The summed E-state index contributed by atoms with van der Waals surface area (Å²) < 4.78 is 73.3. The third kappa shape index (κ3) is 12.1. The van der Waals surface area contributed by atoms with Crippen LogP contribution in [0.2, 0.25) is 0 Å². The predicted octanol–water partition coefficient (Wildman–Crippen LogP) is 17.1. The zero-order chi connectivity index (χ0) is 48.2. The maximum absolute atomic E-state index is 14.8. The number of carbonyl (C=O) groups is 1. The average molecular weight is 931 g/mol. The first-order valence-electron chi connectivity index (χ1n) is 25.3. The number of hydrogen-bond acceptors (Lipinski definition) is 4. The van der Waals surface area contributed by atoms with Gasteiger partial charge in [-0.05, 0) is 171 Å². The van der Waals surface area contributed by atoms with Crippen molar-refractivity contribution < 1.29 is 36.6 Å². The van der Waals surface area contributed by atoms with Crippen LogP contribution in [0.5, 0.6) is 17.2 Å². The van der Waals surface area contributed by atoms with Crippen molar-refractivity contribution in [3.8, 4) is 39.5 Å². The lowest BCUT2D eigenvalue weighted by Crippen LogP contribution is -2.16. The summed E-state index contributed by atoms with van der Waals surface area (Å²) in [5.74, 6) is -0.816. The zero-order valence-corrected chi connectivity index (χ0v) is 40.8. The Balaban J connectivity index is 0.000000202. The normalized spacial score (nSPS) is 20.5. The minimum atomic E-state index is -1.01. The second kappa shape index (κ2) is 24.3. The molecule has 0 N–H and O–H groups in total. The van der Waals surface area contributed by atoms with Crippen LogP contribution in [-0.4, -0.2) is 26.6 Å². The topological polar surface area (TPSA) is 44.8 Å². The third-order valence-electron chi connectivity index (χ3n) is 15.0. The molecule has 0 aromatic heterocycles. The molecule has 0 bridgehead atoms. The van der Waals surface area contributed by atoms with E-state index >= 15 is 0 Å². The summed E-state index contributed by atoms with van der Waals surface area (Å²) >= 11 is 0. The van der Waals surface area contributed by atoms with Gasteiger partial charge in [-0.25, -0.2) is 8.78 Å². The maximum Gasteiger partial charge on any atom is 0.201 e. The number of halogens is 4. The molecule has 0 saturated heterocycles. The number of ketones is 1. The molecule has 1 unspecified atom stereocenters. The molecule has 5 aromatic rings. The Morgan fingerprint density at radius 3 is 1.47 bits per heavy atom. The standard InChI is InChI=1S/C31H36F2O2.C29H34F2O2/c1-4-6-7-21-8-10-22(11-9-21)23-12-14-24(15-13-23)25-16-17-26(29(20-25)35-5-2)27-18-19-28(34-3)31(33)30(27)32;1-3-4-5-19-6-8-20(9-7-19)21-10-12-22(13-11-21)24-15-14-23(18-26(24)32)25-16-17-27(33-2)29(31)28(25)30/h12-22H,4-11H2,1-3H3;10-13,16-20,24H,3-9,14-15H2,1-2H3. The molecular formula is C60H70F4O4. The summed E-state index contributed by atoms with van der Waals surface area (Å²) in [4.78, 5) is 12.9. The Labute approximate surface area is 402 Å². The SMILES string of the molecule is CCCCC1CCC(c2ccc(-c3ccc(-c4ccc(OC)c(F)c4F)c(OCC)c3)cc2)CC1.CCCCC1CCC(c2ccc(C3CCC(c4ccc(OC)c(F)c4F)=CC3=O)cc2)CC1. The van der Waals surface area contributed by atoms with Gasteiger partial charge in [0.1, 0.15) is 5.75 Å². The Morgan fingerprint density at radius 1 is 0.500 bits per heavy atom. The fraction of sp³-hybridized carbons (Fsp3) is 0.450. The van der Waals surface area contributed by atoms with Gasteiger partial charge in [-0.15, -0.1) is 0 Å². The van der Waals surface area contributed by atoms with Gasteiger partial charge in [0, 0.05) is 22.6 Å². The minimum absolute atomic E-state index is 0.0453. The van der Waals surface area contributed by atoms with Crippen molar-refractivity contribution in [3.63, 3.8) is 0 Å². The van der Waals surface area contributed by atoms with Gasteiger partial charge < -0.3 is 14.2 Å². The van der Waals surface area contributed by atoms with Gasteiger partial charge in [0.25, 0.3) is 0 Å². The van der Waals surface area contributed by atoms with Crippen molar-refractivity contribution >= 4 is 11.4 Å². The van der Waals surface area contributed by atoms with Gasteiger partial charge in [0.2, 0.25) is 11.6 Å². The molecule has 0 amide bonds. The maximum atomic E-state index is 14.8. The zero-order valence-electron chi connectivity index (χ0n) is 40.8. The highest BCUT2D eigenvalue weighted by Gasteiger charge is 2.29. The molecule has 2 fully saturated rings. The molecule has 68 heavy (non-hydrogen) atoms. The molecule has 362 valence electrons. The van der Waals surface area contributed by atoms with Crippen molar-refractivity contribution in [2.24, 2.45) is 11.8 Å². The van der Waals surface area contributed by atoms with E-state index in [2.05, 4.69) is 62.4 Å². The van der Waals surface area contributed by atoms with Gasteiger partial charge in [-0.3, -0.25) is 4.79 Å². The molecule has 0 spiro atoms. The van der Waals surface area contributed by atoms with Gasteiger partial charge in [0.05, 0.1) is 20.8 Å². The van der Waals surface area contributed by atoms with Crippen molar-refractivity contribution in [2.75, 3.05) is 20.8 Å². The lowest BCUT2D eigenvalue weighted by molar-refractivity contribution is -0.116. The Kier molecular flexibility index (Phi) is 18.0. The number of benzene rings is 5. The lowest BCUT2D eigenvalue weighted by atomic mass is 9.76. The summed E-state index contributed by atoms with van der Waals surface area (Å²) in [5.41, 5.74) is 7.24. The quantitative estimate of drug-likeness (QED) is 0.0925. The number of rotatable bonds is 16. The van der Waals surface area contributed by atoms with E-state index in [9.17, 15) is 22.4 Å². The highest BCUT2D eigenvalue weighted by Crippen LogP contribution is 2.43. The van der Waals surface area contributed by atoms with Crippen LogP contribution in [0.15, 0.2) is 97.1 Å². The number of ether oxygens (including phenoxy) is 3. The van der Waals surface area contributed by atoms with E-state index in [4.69, 9.17) is 14.2 Å². The van der Waals surface area contributed by atoms with Crippen molar-refractivity contribution in [2.45, 2.75) is 141 Å². The van der Waals surface area contributed by atoms with Crippen LogP contribution in [0, 0.1) is 35.1 Å². The molecule has 0 heterocycles. The largest absolute Gasteiger partial charge is 0.494 e. The second-order valence-electron chi connectivity index (χ2n) is 19.2. The van der Waals surface area contributed by atoms with Crippen LogP contribution < -0.4 is 14.2 Å². The molecule has 2 saturated carbocycles. The Bertz CT molecular complexity index is 2460. The lowest BCUT2D eigenvalue weighted by Gasteiger charge is -2.29. The van der Waals surface area contributed by atoms with Gasteiger partial charge in [0.15, 0.2) is 28.9 Å². The molecule has 5 aromatic carbocycles. The van der Waals surface area contributed by atoms with E-state index in [1.807, 2.05) is 19.1 Å². The highest BCUT2D eigenvalue weighted by molar-refractivity contribution is 6.02. The van der Waals surface area contributed by atoms with Gasteiger partial charge in [-0.1, -0.05) is 107 Å². The molecule has 8 rings (SSSR count). The van der Waals surface area contributed by atoms with Crippen molar-refractivity contribution in [3.05, 3.63) is 143 Å².